The number of hydrogen-bond acceptors (Lipinski definition) is 0. The maximum atomic E-state index is 2.45. The van der Waals surface area contributed by atoms with Crippen LogP contribution in [0, 0.1) is 0 Å². The second-order valence-corrected chi connectivity index (χ2v) is 12.5. The minimum atomic E-state index is -1.02. The predicted octanol–water partition coefficient (Wildman–Crippen LogP) is 2.62. The molecule has 1 rings (SSSR count). The predicted molar refractivity (Wildman–Crippen MR) is 33.8 cm³/mol. The van der Waals surface area contributed by atoms with Crippen LogP contribution in [0.15, 0.2) is 24.3 Å². The van der Waals surface area contributed by atoms with E-state index in [1.807, 2.05) is 0 Å². The van der Waals surface area contributed by atoms with E-state index in [1.165, 1.54) is 0 Å². The molecule has 0 saturated carbocycles. The summed E-state index contributed by atoms with van der Waals surface area (Å²) in [5.74, 6) is 0. The van der Waals surface area contributed by atoms with Gasteiger partial charge in [-0.3, -0.25) is 0 Å². The van der Waals surface area contributed by atoms with E-state index < -0.39 is 21.4 Å². The van der Waals surface area contributed by atoms with Crippen molar-refractivity contribution in [2.75, 3.05) is 0 Å². The van der Waals surface area contributed by atoms with Crippen LogP contribution in [-0.2, 0) is 21.4 Å². The zero-order valence-electron chi connectivity index (χ0n) is 5.39. The molecule has 0 N–H and O–H groups in total. The second-order valence-electron chi connectivity index (χ2n) is 2.37. The van der Waals surface area contributed by atoms with Crippen molar-refractivity contribution in [3.05, 3.63) is 24.3 Å². The summed E-state index contributed by atoms with van der Waals surface area (Å²) in [6.45, 7) is 0. The Labute approximate surface area is 58.8 Å². The zero-order valence-corrected chi connectivity index (χ0v) is 8.98. The third-order valence-electron chi connectivity index (χ3n) is 1.41. The Kier molecular flexibility index (Phi) is 2.24. The molecular formula is C7H11Hf. The van der Waals surface area contributed by atoms with E-state index in [1.54, 1.807) is 0 Å². The van der Waals surface area contributed by atoms with E-state index in [0.717, 1.165) is 3.67 Å². The van der Waals surface area contributed by atoms with Crippen molar-refractivity contribution in [2.24, 2.45) is 0 Å². The van der Waals surface area contributed by atoms with E-state index in [-0.39, 0.29) is 0 Å². The van der Waals surface area contributed by atoms with Gasteiger partial charge in [-0.15, -0.1) is 0 Å². The zero-order chi connectivity index (χ0) is 5.98. The summed E-state index contributed by atoms with van der Waals surface area (Å²) in [4.78, 5) is 0. The Bertz CT molecular complexity index is 110. The third-order valence-corrected chi connectivity index (χ3v) is 7.59. The van der Waals surface area contributed by atoms with Gasteiger partial charge < -0.3 is 0 Å². The molecule has 1 heteroatoms. The van der Waals surface area contributed by atoms with Gasteiger partial charge in [0.25, 0.3) is 0 Å². The Morgan fingerprint density at radius 3 is 1.88 bits per heavy atom. The first-order valence-electron chi connectivity index (χ1n) is 2.96. The third kappa shape index (κ3) is 1.41. The Balaban J connectivity index is 2.49. The van der Waals surface area contributed by atoms with Gasteiger partial charge >= 0.3 is 58.8 Å². The fourth-order valence-corrected chi connectivity index (χ4v) is 4.38. The Morgan fingerprint density at radius 1 is 1.12 bits per heavy atom. The normalized spacial score (nSPS) is 17.8. The fourth-order valence-electron chi connectivity index (χ4n) is 0.817. The first kappa shape index (κ1) is 6.47. The van der Waals surface area contributed by atoms with Crippen LogP contribution >= 0.6 is 0 Å². The summed E-state index contributed by atoms with van der Waals surface area (Å²) < 4.78 is 5.82. The summed E-state index contributed by atoms with van der Waals surface area (Å²) >= 11 is -1.02. The van der Waals surface area contributed by atoms with Crippen LogP contribution in [0.1, 0.15) is 0 Å². The molecule has 1 aliphatic rings. The van der Waals surface area contributed by atoms with Gasteiger partial charge in [0.05, 0.1) is 0 Å². The molecule has 0 heterocycles. The first-order chi connectivity index (χ1) is 3.80. The van der Waals surface area contributed by atoms with Gasteiger partial charge in [0, 0.05) is 0 Å². The van der Waals surface area contributed by atoms with Crippen LogP contribution in [-0.4, -0.2) is 0 Å². The first-order valence-corrected chi connectivity index (χ1v) is 12.2. The van der Waals surface area contributed by atoms with Gasteiger partial charge in [-0.2, -0.15) is 0 Å². The van der Waals surface area contributed by atoms with E-state index in [9.17, 15) is 0 Å². The molecule has 0 amide bonds. The van der Waals surface area contributed by atoms with Crippen LogP contribution in [0.25, 0.3) is 0 Å². The second kappa shape index (κ2) is 2.77. The molecule has 0 aliphatic heterocycles. The van der Waals surface area contributed by atoms with Crippen molar-refractivity contribution in [2.45, 2.75) is 13.0 Å². The molecule has 0 saturated heterocycles. The summed E-state index contributed by atoms with van der Waals surface area (Å²) in [5.41, 5.74) is 0. The molecule has 0 nitrogen and oxygen atoms in total. The average molecular weight is 274 g/mol. The van der Waals surface area contributed by atoms with Gasteiger partial charge in [-0.1, -0.05) is 0 Å². The number of allylic oxidation sites excluding steroid dienone is 4. The molecule has 0 aromatic heterocycles. The van der Waals surface area contributed by atoms with Crippen LogP contribution in [0.4, 0.5) is 0 Å². The number of rotatable bonds is 1. The molecule has 0 atom stereocenters. The van der Waals surface area contributed by atoms with Gasteiger partial charge in [-0.05, 0) is 0 Å². The van der Waals surface area contributed by atoms with E-state index in [2.05, 4.69) is 33.7 Å². The van der Waals surface area contributed by atoms with Crippen molar-refractivity contribution < 1.29 is 21.4 Å². The molecule has 0 fully saturated rings. The van der Waals surface area contributed by atoms with Crippen molar-refractivity contribution >= 4 is 0 Å². The number of hydrogen-bond donors (Lipinski definition) is 0. The van der Waals surface area contributed by atoms with E-state index in [4.69, 9.17) is 0 Å². The molecule has 0 aromatic rings. The standard InChI is InChI=1S/C5H5.2CH3.Hf/c1-2-4-5-3-1;;;/h1-5H;2*1H3;. The summed E-state index contributed by atoms with van der Waals surface area (Å²) in [6.07, 6.45) is 9.01. The van der Waals surface area contributed by atoms with Crippen molar-refractivity contribution in [3.63, 3.8) is 0 Å². The fraction of sp³-hybridized carbons (Fsp3) is 0.429. The average Bonchev–Trinajstić information content (AvgIpc) is 2.12. The molecule has 1 aliphatic carbocycles. The van der Waals surface area contributed by atoms with Gasteiger partial charge in [0.2, 0.25) is 0 Å². The van der Waals surface area contributed by atoms with Crippen LogP contribution in [0.2, 0.25) is 13.0 Å². The molecular weight excluding hydrogens is 263 g/mol. The van der Waals surface area contributed by atoms with Crippen molar-refractivity contribution in [1.29, 1.82) is 0 Å². The Morgan fingerprint density at radius 2 is 1.62 bits per heavy atom. The Hall–Kier alpha value is 0.350. The SMILES string of the molecule is [CH3][Hf]([CH3])[CH]1C=CC=C1. The molecule has 0 radical (unpaired) electrons. The van der Waals surface area contributed by atoms with Crippen molar-refractivity contribution in [1.82, 2.24) is 0 Å². The summed E-state index contributed by atoms with van der Waals surface area (Å²) in [5, 5.41) is 0. The molecule has 0 bridgehead atoms. The topological polar surface area (TPSA) is 0 Å². The monoisotopic (exact) mass is 275 g/mol. The summed E-state index contributed by atoms with van der Waals surface area (Å²) in [7, 11) is 0. The summed E-state index contributed by atoms with van der Waals surface area (Å²) in [6, 6.07) is 0. The maximum absolute atomic E-state index is 2.45. The quantitative estimate of drug-likeness (QED) is 0.644. The van der Waals surface area contributed by atoms with Gasteiger partial charge in [-0.25, -0.2) is 0 Å². The van der Waals surface area contributed by atoms with E-state index >= 15 is 0 Å². The molecule has 0 aromatic carbocycles. The van der Waals surface area contributed by atoms with E-state index in [0.29, 0.717) is 0 Å². The van der Waals surface area contributed by atoms with Crippen LogP contribution in [0.5, 0.6) is 0 Å². The molecule has 0 unspecified atom stereocenters. The van der Waals surface area contributed by atoms with Gasteiger partial charge in [0.15, 0.2) is 0 Å². The minimum absolute atomic E-state index is 0.917. The van der Waals surface area contributed by atoms with Crippen molar-refractivity contribution in [3.8, 4) is 0 Å². The molecule has 43 valence electrons. The van der Waals surface area contributed by atoms with Crippen LogP contribution in [0.3, 0.4) is 0 Å². The molecule has 8 heavy (non-hydrogen) atoms. The van der Waals surface area contributed by atoms with Crippen LogP contribution < -0.4 is 0 Å². The molecule has 0 spiro atoms. The van der Waals surface area contributed by atoms with Gasteiger partial charge in [0.1, 0.15) is 0 Å².